The molecule has 2 heterocycles. The maximum atomic E-state index is 11.6. The number of methoxy groups -OCH3 is 1. The average Bonchev–Trinajstić information content (AvgIpc) is 2.46. The summed E-state index contributed by atoms with van der Waals surface area (Å²) in [7, 11) is 1.36. The molecule has 0 saturated carbocycles. The van der Waals surface area contributed by atoms with Gasteiger partial charge in [0.25, 0.3) is 0 Å². The van der Waals surface area contributed by atoms with E-state index in [-0.39, 0.29) is 12.1 Å². The zero-order valence-electron chi connectivity index (χ0n) is 12.0. The van der Waals surface area contributed by atoms with Crippen molar-refractivity contribution in [3.63, 3.8) is 0 Å². The van der Waals surface area contributed by atoms with Gasteiger partial charge in [0, 0.05) is 12.7 Å². The molecule has 1 unspecified atom stereocenters. The highest BCUT2D eigenvalue weighted by molar-refractivity contribution is 5.75. The van der Waals surface area contributed by atoms with Crippen molar-refractivity contribution in [3.8, 4) is 5.75 Å². The van der Waals surface area contributed by atoms with E-state index in [0.717, 1.165) is 5.82 Å². The van der Waals surface area contributed by atoms with E-state index in [9.17, 15) is 4.79 Å². The summed E-state index contributed by atoms with van der Waals surface area (Å²) < 4.78 is 15.9. The highest BCUT2D eigenvalue weighted by Gasteiger charge is 2.29. The van der Waals surface area contributed by atoms with Gasteiger partial charge in [-0.25, -0.2) is 9.78 Å². The third-order valence-corrected chi connectivity index (χ3v) is 2.94. The van der Waals surface area contributed by atoms with Gasteiger partial charge in [0.1, 0.15) is 0 Å². The lowest BCUT2D eigenvalue weighted by atomic mass is 10.2. The minimum Gasteiger partial charge on any atom is -0.487 e. The minimum atomic E-state index is -0.581. The molecule has 1 aliphatic heterocycles. The normalized spacial score (nSPS) is 19.0. The van der Waals surface area contributed by atoms with E-state index in [1.807, 2.05) is 30.9 Å². The van der Waals surface area contributed by atoms with Gasteiger partial charge in [-0.05, 0) is 26.0 Å². The first-order valence-corrected chi connectivity index (χ1v) is 6.68. The van der Waals surface area contributed by atoms with E-state index in [1.165, 1.54) is 7.11 Å². The third kappa shape index (κ3) is 3.39. The molecule has 0 radical (unpaired) electrons. The first-order valence-electron chi connectivity index (χ1n) is 6.68. The van der Waals surface area contributed by atoms with Crippen LogP contribution in [0.5, 0.6) is 5.75 Å². The Morgan fingerprint density at radius 1 is 1.55 bits per heavy atom. The van der Waals surface area contributed by atoms with Gasteiger partial charge in [-0.3, -0.25) is 0 Å². The van der Waals surface area contributed by atoms with Gasteiger partial charge in [-0.1, -0.05) is 0 Å². The van der Waals surface area contributed by atoms with Crippen molar-refractivity contribution in [2.45, 2.75) is 26.1 Å². The Balaban J connectivity index is 2.16. The van der Waals surface area contributed by atoms with E-state index in [0.29, 0.717) is 25.4 Å². The molecule has 20 heavy (non-hydrogen) atoms. The monoisotopic (exact) mass is 280 g/mol. The molecule has 1 aromatic heterocycles. The molecule has 1 atom stereocenters. The second kappa shape index (κ2) is 6.56. The molecule has 0 spiro atoms. The standard InChI is InChI=1S/C14H20N2O4/c1-10(2)20-11-5-4-6-15-13(11)16-7-8-19-12(9-16)14(17)18-3/h4-6,10,12H,7-9H2,1-3H3. The van der Waals surface area contributed by atoms with Crippen molar-refractivity contribution in [1.82, 2.24) is 4.98 Å². The van der Waals surface area contributed by atoms with Crippen molar-refractivity contribution in [2.75, 3.05) is 31.7 Å². The number of hydrogen-bond donors (Lipinski definition) is 0. The summed E-state index contributed by atoms with van der Waals surface area (Å²) in [5, 5.41) is 0. The second-order valence-corrected chi connectivity index (χ2v) is 4.82. The van der Waals surface area contributed by atoms with Crippen LogP contribution in [0.1, 0.15) is 13.8 Å². The van der Waals surface area contributed by atoms with E-state index in [2.05, 4.69) is 4.98 Å². The molecular formula is C14H20N2O4. The molecule has 1 aliphatic rings. The molecule has 0 amide bonds. The average molecular weight is 280 g/mol. The van der Waals surface area contributed by atoms with Gasteiger partial charge in [-0.15, -0.1) is 0 Å². The molecule has 1 saturated heterocycles. The van der Waals surface area contributed by atoms with Crippen LogP contribution in [0, 0.1) is 0 Å². The molecule has 1 aromatic rings. The Kier molecular flexibility index (Phi) is 4.79. The number of carbonyl (C=O) groups is 1. The van der Waals surface area contributed by atoms with Crippen molar-refractivity contribution in [1.29, 1.82) is 0 Å². The van der Waals surface area contributed by atoms with Crippen LogP contribution in [0.4, 0.5) is 5.82 Å². The van der Waals surface area contributed by atoms with E-state index in [1.54, 1.807) is 6.20 Å². The lowest BCUT2D eigenvalue weighted by Crippen LogP contribution is -2.47. The maximum Gasteiger partial charge on any atom is 0.336 e. The third-order valence-electron chi connectivity index (χ3n) is 2.94. The number of esters is 1. The Labute approximate surface area is 118 Å². The molecule has 6 nitrogen and oxygen atoms in total. The molecule has 0 N–H and O–H groups in total. The number of hydrogen-bond acceptors (Lipinski definition) is 6. The Hall–Kier alpha value is -1.82. The maximum absolute atomic E-state index is 11.6. The summed E-state index contributed by atoms with van der Waals surface area (Å²) in [6, 6.07) is 3.71. The molecule has 0 bridgehead atoms. The van der Waals surface area contributed by atoms with Crippen LogP contribution in [-0.4, -0.2) is 50.0 Å². The van der Waals surface area contributed by atoms with E-state index >= 15 is 0 Å². The molecule has 6 heteroatoms. The molecule has 110 valence electrons. The number of nitrogens with zero attached hydrogens (tertiary/aromatic N) is 2. The van der Waals surface area contributed by atoms with Crippen molar-refractivity contribution < 1.29 is 19.0 Å². The van der Waals surface area contributed by atoms with E-state index < -0.39 is 6.10 Å². The van der Waals surface area contributed by atoms with Crippen molar-refractivity contribution in [3.05, 3.63) is 18.3 Å². The van der Waals surface area contributed by atoms with E-state index in [4.69, 9.17) is 14.2 Å². The van der Waals surface area contributed by atoms with Crippen molar-refractivity contribution in [2.24, 2.45) is 0 Å². The molecule has 2 rings (SSSR count). The lowest BCUT2D eigenvalue weighted by molar-refractivity contribution is -0.154. The Morgan fingerprint density at radius 2 is 2.35 bits per heavy atom. The smallest absolute Gasteiger partial charge is 0.336 e. The highest BCUT2D eigenvalue weighted by atomic mass is 16.6. The number of aromatic nitrogens is 1. The number of rotatable bonds is 4. The van der Waals surface area contributed by atoms with Crippen molar-refractivity contribution >= 4 is 11.8 Å². The van der Waals surface area contributed by atoms with Gasteiger partial charge in [0.15, 0.2) is 17.7 Å². The molecular weight excluding hydrogens is 260 g/mol. The van der Waals surface area contributed by atoms with Crippen LogP contribution in [0.2, 0.25) is 0 Å². The molecule has 0 aromatic carbocycles. The quantitative estimate of drug-likeness (QED) is 0.774. The summed E-state index contributed by atoms with van der Waals surface area (Å²) in [4.78, 5) is 17.9. The largest absolute Gasteiger partial charge is 0.487 e. The number of pyridine rings is 1. The predicted molar refractivity (Wildman–Crippen MR) is 74.0 cm³/mol. The van der Waals surface area contributed by atoms with Crippen LogP contribution < -0.4 is 9.64 Å². The Bertz CT molecular complexity index is 464. The lowest BCUT2D eigenvalue weighted by Gasteiger charge is -2.33. The predicted octanol–water partition coefficient (Wildman–Crippen LogP) is 1.25. The SMILES string of the molecule is COC(=O)C1CN(c2ncccc2OC(C)C)CCO1. The van der Waals surface area contributed by atoms with Crippen LogP contribution in [-0.2, 0) is 14.3 Å². The summed E-state index contributed by atoms with van der Waals surface area (Å²) in [5.41, 5.74) is 0. The Morgan fingerprint density at radius 3 is 3.05 bits per heavy atom. The number of ether oxygens (including phenoxy) is 3. The van der Waals surface area contributed by atoms with Gasteiger partial charge in [0.2, 0.25) is 0 Å². The first kappa shape index (κ1) is 14.6. The number of anilines is 1. The number of carbonyl (C=O) groups excluding carboxylic acids is 1. The fourth-order valence-corrected chi connectivity index (χ4v) is 2.08. The van der Waals surface area contributed by atoms with Crippen LogP contribution in [0.3, 0.4) is 0 Å². The molecule has 0 aliphatic carbocycles. The second-order valence-electron chi connectivity index (χ2n) is 4.82. The van der Waals surface area contributed by atoms with Gasteiger partial charge < -0.3 is 19.1 Å². The van der Waals surface area contributed by atoms with Crippen LogP contribution in [0.15, 0.2) is 18.3 Å². The molecule has 1 fully saturated rings. The van der Waals surface area contributed by atoms with Crippen LogP contribution >= 0.6 is 0 Å². The summed E-state index contributed by atoms with van der Waals surface area (Å²) in [5.74, 6) is 1.09. The van der Waals surface area contributed by atoms with Gasteiger partial charge in [0.05, 0.1) is 26.4 Å². The topological polar surface area (TPSA) is 60.9 Å². The summed E-state index contributed by atoms with van der Waals surface area (Å²) in [6.45, 7) is 5.47. The summed E-state index contributed by atoms with van der Waals surface area (Å²) >= 11 is 0. The first-order chi connectivity index (χ1) is 9.61. The fraction of sp³-hybridized carbons (Fsp3) is 0.571. The highest BCUT2D eigenvalue weighted by Crippen LogP contribution is 2.27. The number of morpholine rings is 1. The van der Waals surface area contributed by atoms with Gasteiger partial charge >= 0.3 is 5.97 Å². The minimum absolute atomic E-state index is 0.0652. The van der Waals surface area contributed by atoms with Gasteiger partial charge in [-0.2, -0.15) is 0 Å². The summed E-state index contributed by atoms with van der Waals surface area (Å²) in [6.07, 6.45) is 1.20. The fourth-order valence-electron chi connectivity index (χ4n) is 2.08. The zero-order chi connectivity index (χ0) is 14.5. The van der Waals surface area contributed by atoms with Crippen LogP contribution in [0.25, 0.3) is 0 Å². The zero-order valence-corrected chi connectivity index (χ0v) is 12.0.